The van der Waals surface area contributed by atoms with Crippen molar-refractivity contribution in [2.45, 2.75) is 206 Å². The van der Waals surface area contributed by atoms with Crippen LogP contribution in [0, 0.1) is 0 Å². The number of likely N-dealkylation sites (N-methyl/N-ethyl adjacent to an activating group) is 1. The van der Waals surface area contributed by atoms with Gasteiger partial charge in [0.1, 0.15) is 19.8 Å². The molecular weight excluding hydrogens is 665 g/mol. The molecule has 0 saturated heterocycles. The van der Waals surface area contributed by atoms with Crippen LogP contribution in [0.4, 0.5) is 0 Å². The maximum Gasteiger partial charge on any atom is 0.472 e. The van der Waals surface area contributed by atoms with Gasteiger partial charge in [-0.1, -0.05) is 174 Å². The summed E-state index contributed by atoms with van der Waals surface area (Å²) in [7, 11) is 1.49. The highest BCUT2D eigenvalue weighted by molar-refractivity contribution is 7.47. The molecule has 0 aliphatic carbocycles. The highest BCUT2D eigenvalue weighted by Gasteiger charge is 2.27. The van der Waals surface area contributed by atoms with Gasteiger partial charge in [0.05, 0.1) is 27.7 Å². The molecule has 9 nitrogen and oxygen atoms in total. The number of nitrogens with zero attached hydrogens (tertiary/aromatic N) is 1. The Hall–Kier alpha value is -0.990. The van der Waals surface area contributed by atoms with Gasteiger partial charge in [-0.3, -0.25) is 18.6 Å². The molecule has 0 rings (SSSR count). The second-order valence-corrected chi connectivity index (χ2v) is 17.2. The lowest BCUT2D eigenvalue weighted by molar-refractivity contribution is -0.870. The van der Waals surface area contributed by atoms with E-state index in [2.05, 4.69) is 13.8 Å². The van der Waals surface area contributed by atoms with Crippen LogP contribution in [0.3, 0.4) is 0 Å². The van der Waals surface area contributed by atoms with Crippen LogP contribution >= 0.6 is 7.82 Å². The van der Waals surface area contributed by atoms with E-state index in [4.69, 9.17) is 18.5 Å². The normalized spacial score (nSPS) is 13.6. The monoisotopic (exact) mass is 749 g/mol. The summed E-state index contributed by atoms with van der Waals surface area (Å²) in [6.07, 6.45) is 33.1. The van der Waals surface area contributed by atoms with E-state index in [-0.39, 0.29) is 25.6 Å². The van der Waals surface area contributed by atoms with Crippen molar-refractivity contribution >= 4 is 19.8 Å². The molecule has 0 spiro atoms. The van der Waals surface area contributed by atoms with Gasteiger partial charge in [-0.05, 0) is 12.8 Å². The topological polar surface area (TPSA) is 108 Å². The highest BCUT2D eigenvalue weighted by atomic mass is 31.2. The molecule has 0 aromatic heterocycles. The molecule has 0 radical (unpaired) electrons. The largest absolute Gasteiger partial charge is 0.472 e. The Morgan fingerprint density at radius 1 is 0.529 bits per heavy atom. The quantitative estimate of drug-likeness (QED) is 0.0286. The van der Waals surface area contributed by atoms with E-state index in [1.807, 2.05) is 21.1 Å². The molecule has 2 unspecified atom stereocenters. The van der Waals surface area contributed by atoms with Crippen molar-refractivity contribution in [3.8, 4) is 0 Å². The first-order valence-electron chi connectivity index (χ1n) is 21.3. The Bertz CT molecular complexity index is 850. The number of phosphoric ester groups is 1. The van der Waals surface area contributed by atoms with Crippen LogP contribution in [0.1, 0.15) is 200 Å². The number of esters is 2. The number of rotatable bonds is 39. The summed E-state index contributed by atoms with van der Waals surface area (Å²) in [5, 5.41) is 0. The number of carbonyl (C=O) groups is 2. The maximum absolute atomic E-state index is 12.6. The van der Waals surface area contributed by atoms with Gasteiger partial charge < -0.3 is 18.9 Å². The molecular formula is C41H83NO8P+. The number of carbonyl (C=O) groups excluding carboxylic acids is 2. The average Bonchev–Trinajstić information content (AvgIpc) is 3.07. The van der Waals surface area contributed by atoms with Gasteiger partial charge in [0.25, 0.3) is 0 Å². The third-order valence-electron chi connectivity index (χ3n) is 9.39. The molecule has 0 saturated carbocycles. The van der Waals surface area contributed by atoms with Crippen LogP contribution in [-0.2, 0) is 32.7 Å². The van der Waals surface area contributed by atoms with Crippen molar-refractivity contribution in [3.63, 3.8) is 0 Å². The van der Waals surface area contributed by atoms with Crippen molar-refractivity contribution in [1.29, 1.82) is 0 Å². The SMILES string of the molecule is CCCCCCCCCCCCCCCCCCCCCC(=O)OCC(COP(=O)(O)OCC[N+](C)(C)C)OC(=O)CCCCCCCCCC. The van der Waals surface area contributed by atoms with E-state index in [1.165, 1.54) is 135 Å². The first-order valence-corrected chi connectivity index (χ1v) is 22.8. The minimum atomic E-state index is -4.36. The molecule has 0 amide bonds. The first-order chi connectivity index (χ1) is 24.5. The van der Waals surface area contributed by atoms with Crippen LogP contribution in [0.2, 0.25) is 0 Å². The number of hydrogen-bond donors (Lipinski definition) is 1. The minimum absolute atomic E-state index is 0.0363. The Balaban J connectivity index is 4.19. The zero-order valence-electron chi connectivity index (χ0n) is 34.1. The van der Waals surface area contributed by atoms with E-state index < -0.39 is 26.5 Å². The number of quaternary nitrogens is 1. The van der Waals surface area contributed by atoms with Gasteiger partial charge in [-0.25, -0.2) is 4.57 Å². The van der Waals surface area contributed by atoms with Crippen molar-refractivity contribution in [2.75, 3.05) is 47.5 Å². The van der Waals surface area contributed by atoms with Gasteiger partial charge >= 0.3 is 19.8 Å². The predicted molar refractivity (Wildman–Crippen MR) is 211 cm³/mol. The fourth-order valence-corrected chi connectivity index (χ4v) is 6.76. The molecule has 2 atom stereocenters. The fourth-order valence-electron chi connectivity index (χ4n) is 6.01. The summed E-state index contributed by atoms with van der Waals surface area (Å²) in [6, 6.07) is 0. The van der Waals surface area contributed by atoms with Crippen molar-refractivity contribution in [1.82, 2.24) is 0 Å². The summed E-state index contributed by atoms with van der Waals surface area (Å²) >= 11 is 0. The van der Waals surface area contributed by atoms with E-state index in [0.717, 1.165) is 32.1 Å². The molecule has 0 fully saturated rings. The maximum atomic E-state index is 12.6. The van der Waals surface area contributed by atoms with E-state index in [1.54, 1.807) is 0 Å². The molecule has 10 heteroatoms. The lowest BCUT2D eigenvalue weighted by atomic mass is 10.0. The molecule has 0 heterocycles. The molecule has 0 aromatic carbocycles. The standard InChI is InChI=1S/C41H82NO8P/c1-6-8-10-12-14-16-17-18-19-20-21-22-23-24-25-26-28-29-31-33-40(43)47-37-39(38-49-51(45,46)48-36-35-42(3,4)5)50-41(44)34-32-30-27-15-13-11-9-7-2/h39H,6-38H2,1-5H3/p+1. The van der Waals surface area contributed by atoms with E-state index >= 15 is 0 Å². The molecule has 51 heavy (non-hydrogen) atoms. The Labute approximate surface area is 314 Å². The molecule has 0 bridgehead atoms. The molecule has 0 aliphatic rings. The number of phosphoric acid groups is 1. The van der Waals surface area contributed by atoms with Crippen LogP contribution in [0.25, 0.3) is 0 Å². The highest BCUT2D eigenvalue weighted by Crippen LogP contribution is 2.43. The van der Waals surface area contributed by atoms with Gasteiger partial charge in [-0.15, -0.1) is 0 Å². The number of hydrogen-bond acceptors (Lipinski definition) is 7. The zero-order chi connectivity index (χ0) is 37.9. The Morgan fingerprint density at radius 2 is 0.882 bits per heavy atom. The van der Waals surface area contributed by atoms with Gasteiger partial charge in [-0.2, -0.15) is 0 Å². The number of unbranched alkanes of at least 4 members (excludes halogenated alkanes) is 25. The molecule has 304 valence electrons. The fraction of sp³-hybridized carbons (Fsp3) is 0.951. The van der Waals surface area contributed by atoms with Crippen molar-refractivity contribution in [3.05, 3.63) is 0 Å². The minimum Gasteiger partial charge on any atom is -0.462 e. The zero-order valence-corrected chi connectivity index (χ0v) is 35.0. The summed E-state index contributed by atoms with van der Waals surface area (Å²) < 4.78 is 34.2. The Morgan fingerprint density at radius 3 is 1.25 bits per heavy atom. The van der Waals surface area contributed by atoms with Crippen LogP contribution in [0.5, 0.6) is 0 Å². The van der Waals surface area contributed by atoms with Crippen LogP contribution in [-0.4, -0.2) is 74.9 Å². The van der Waals surface area contributed by atoms with Gasteiger partial charge in [0.2, 0.25) is 0 Å². The van der Waals surface area contributed by atoms with Gasteiger partial charge in [0.15, 0.2) is 6.10 Å². The molecule has 0 aromatic rings. The third-order valence-corrected chi connectivity index (χ3v) is 10.4. The summed E-state index contributed by atoms with van der Waals surface area (Å²) in [5.74, 6) is -0.791. The van der Waals surface area contributed by atoms with Crippen LogP contribution < -0.4 is 0 Å². The molecule has 0 aliphatic heterocycles. The van der Waals surface area contributed by atoms with Crippen molar-refractivity contribution < 1.29 is 42.1 Å². The first kappa shape index (κ1) is 50.0. The van der Waals surface area contributed by atoms with E-state index in [9.17, 15) is 19.0 Å². The lowest BCUT2D eigenvalue weighted by Gasteiger charge is -2.24. The second-order valence-electron chi connectivity index (χ2n) is 15.7. The van der Waals surface area contributed by atoms with Gasteiger partial charge in [0, 0.05) is 12.8 Å². The smallest absolute Gasteiger partial charge is 0.462 e. The van der Waals surface area contributed by atoms with Crippen LogP contribution in [0.15, 0.2) is 0 Å². The van der Waals surface area contributed by atoms with E-state index in [0.29, 0.717) is 23.9 Å². The Kier molecular flexibility index (Phi) is 34.1. The summed E-state index contributed by atoms with van der Waals surface area (Å²) in [6.45, 7) is 4.41. The number of ether oxygens (including phenoxy) is 2. The summed E-state index contributed by atoms with van der Waals surface area (Å²) in [5.41, 5.74) is 0. The third kappa shape index (κ3) is 38.5. The summed E-state index contributed by atoms with van der Waals surface area (Å²) in [4.78, 5) is 35.1. The second kappa shape index (κ2) is 34.8. The predicted octanol–water partition coefficient (Wildman–Crippen LogP) is 11.6. The molecule has 1 N–H and O–H groups in total. The average molecular weight is 749 g/mol. The van der Waals surface area contributed by atoms with Crippen molar-refractivity contribution in [2.24, 2.45) is 0 Å². The lowest BCUT2D eigenvalue weighted by Crippen LogP contribution is -2.37.